The summed E-state index contributed by atoms with van der Waals surface area (Å²) < 4.78 is 0. The molecule has 0 aromatic heterocycles. The van der Waals surface area contributed by atoms with Gasteiger partial charge in [0.2, 0.25) is 0 Å². The topological polar surface area (TPSA) is 69.9 Å². The third kappa shape index (κ3) is 3.33. The van der Waals surface area contributed by atoms with Crippen molar-refractivity contribution in [2.45, 2.75) is 32.9 Å². The minimum Gasteiger partial charge on any atom is -0.391 e. The predicted molar refractivity (Wildman–Crippen MR) is 82.6 cm³/mol. The fraction of sp³-hybridized carbons (Fsp3) is 0.600. The molecule has 1 N–H and O–H groups in total. The van der Waals surface area contributed by atoms with Gasteiger partial charge in [0.1, 0.15) is 0 Å². The Kier molecular flexibility index (Phi) is 5.14. The van der Waals surface area contributed by atoms with E-state index in [9.17, 15) is 15.2 Å². The number of hydrogen-bond donors (Lipinski definition) is 1. The Labute approximate surface area is 125 Å². The number of nitro benzene ring substituents is 1. The molecular formula is C15H23N3O3. The van der Waals surface area contributed by atoms with Crippen LogP contribution in [0.4, 0.5) is 11.4 Å². The van der Waals surface area contributed by atoms with E-state index in [1.54, 1.807) is 12.1 Å². The minimum absolute atomic E-state index is 0.0132. The van der Waals surface area contributed by atoms with Crippen LogP contribution in [0.1, 0.15) is 25.8 Å². The third-order valence-corrected chi connectivity index (χ3v) is 4.29. The standard InChI is InChI=1S/C15H23N3O3/c1-3-16(4-2)14-7-8-17(10-14)13-5-6-15(18(20)21)12(9-13)11-19/h5-6,9,14,19H,3-4,7-8,10-11H2,1-2H3. The van der Waals surface area contributed by atoms with Gasteiger partial charge in [0.15, 0.2) is 0 Å². The molecule has 1 heterocycles. The highest BCUT2D eigenvalue weighted by Gasteiger charge is 2.27. The number of hydrogen-bond acceptors (Lipinski definition) is 5. The maximum absolute atomic E-state index is 10.9. The van der Waals surface area contributed by atoms with E-state index in [1.807, 2.05) is 0 Å². The molecule has 1 aliphatic rings. The first-order chi connectivity index (χ1) is 10.1. The van der Waals surface area contributed by atoms with Crippen LogP contribution in [0.25, 0.3) is 0 Å². The average Bonchev–Trinajstić information content (AvgIpc) is 2.97. The van der Waals surface area contributed by atoms with E-state index in [0.29, 0.717) is 11.6 Å². The van der Waals surface area contributed by atoms with Gasteiger partial charge in [-0.05, 0) is 31.6 Å². The Balaban J connectivity index is 2.15. The van der Waals surface area contributed by atoms with Crippen molar-refractivity contribution < 1.29 is 10.0 Å². The SMILES string of the molecule is CCN(CC)C1CCN(c2ccc([N+](=O)[O-])c(CO)c2)C1. The lowest BCUT2D eigenvalue weighted by atomic mass is 10.1. The lowest BCUT2D eigenvalue weighted by Crippen LogP contribution is -2.37. The summed E-state index contributed by atoms with van der Waals surface area (Å²) in [5.41, 5.74) is 1.32. The predicted octanol–water partition coefficient (Wildman–Crippen LogP) is 2.01. The molecule has 0 bridgehead atoms. The second kappa shape index (κ2) is 6.87. The Hall–Kier alpha value is -1.66. The summed E-state index contributed by atoms with van der Waals surface area (Å²) in [6.45, 7) is 7.99. The van der Waals surface area contributed by atoms with Gasteiger partial charge in [0.05, 0.1) is 17.1 Å². The summed E-state index contributed by atoms with van der Waals surface area (Å²) in [5, 5.41) is 20.2. The normalized spacial score (nSPS) is 18.5. The van der Waals surface area contributed by atoms with E-state index in [0.717, 1.165) is 38.3 Å². The molecule has 0 amide bonds. The number of nitrogens with zero attached hydrogens (tertiary/aromatic N) is 3. The fourth-order valence-electron chi connectivity index (χ4n) is 3.09. The van der Waals surface area contributed by atoms with Crippen LogP contribution in [0, 0.1) is 10.1 Å². The van der Waals surface area contributed by atoms with Crippen molar-refractivity contribution in [3.63, 3.8) is 0 Å². The molecular weight excluding hydrogens is 270 g/mol. The van der Waals surface area contributed by atoms with Crippen LogP contribution >= 0.6 is 0 Å². The smallest absolute Gasteiger partial charge is 0.275 e. The number of benzene rings is 1. The van der Waals surface area contributed by atoms with E-state index in [4.69, 9.17) is 0 Å². The van der Waals surface area contributed by atoms with Crippen molar-refractivity contribution in [3.8, 4) is 0 Å². The zero-order chi connectivity index (χ0) is 15.4. The molecule has 0 aliphatic carbocycles. The van der Waals surface area contributed by atoms with Crippen LogP contribution in [0.3, 0.4) is 0 Å². The summed E-state index contributed by atoms with van der Waals surface area (Å²) in [6.07, 6.45) is 1.10. The Morgan fingerprint density at radius 1 is 1.43 bits per heavy atom. The highest BCUT2D eigenvalue weighted by atomic mass is 16.6. The molecule has 0 spiro atoms. The van der Waals surface area contributed by atoms with Crippen LogP contribution in [0.2, 0.25) is 0 Å². The van der Waals surface area contributed by atoms with Gasteiger partial charge >= 0.3 is 0 Å². The molecule has 1 unspecified atom stereocenters. The van der Waals surface area contributed by atoms with E-state index >= 15 is 0 Å². The van der Waals surface area contributed by atoms with Crippen molar-refractivity contribution >= 4 is 11.4 Å². The molecule has 0 radical (unpaired) electrons. The van der Waals surface area contributed by atoms with Gasteiger partial charge in [-0.3, -0.25) is 15.0 Å². The highest BCUT2D eigenvalue weighted by molar-refractivity contribution is 5.56. The van der Waals surface area contributed by atoms with Crippen LogP contribution < -0.4 is 4.90 Å². The monoisotopic (exact) mass is 293 g/mol. The number of aliphatic hydroxyl groups excluding tert-OH is 1. The van der Waals surface area contributed by atoms with Gasteiger partial charge in [-0.15, -0.1) is 0 Å². The maximum Gasteiger partial charge on any atom is 0.275 e. The zero-order valence-electron chi connectivity index (χ0n) is 12.7. The zero-order valence-corrected chi connectivity index (χ0v) is 12.7. The summed E-state index contributed by atoms with van der Waals surface area (Å²) in [6, 6.07) is 5.55. The number of likely N-dealkylation sites (N-methyl/N-ethyl adjacent to an activating group) is 1. The molecule has 1 fully saturated rings. The first kappa shape index (κ1) is 15.7. The molecule has 1 aromatic rings. The molecule has 2 rings (SSSR count). The molecule has 21 heavy (non-hydrogen) atoms. The summed E-state index contributed by atoms with van der Waals surface area (Å²) in [7, 11) is 0. The van der Waals surface area contributed by atoms with Crippen molar-refractivity contribution in [1.82, 2.24) is 4.90 Å². The quantitative estimate of drug-likeness (QED) is 0.642. The van der Waals surface area contributed by atoms with Crippen molar-refractivity contribution in [2.24, 2.45) is 0 Å². The first-order valence-corrected chi connectivity index (χ1v) is 7.47. The van der Waals surface area contributed by atoms with E-state index < -0.39 is 4.92 Å². The minimum atomic E-state index is -0.446. The Morgan fingerprint density at radius 2 is 2.14 bits per heavy atom. The highest BCUT2D eigenvalue weighted by Crippen LogP contribution is 2.28. The number of anilines is 1. The Bertz CT molecular complexity index is 503. The maximum atomic E-state index is 10.9. The van der Waals surface area contributed by atoms with Crippen molar-refractivity contribution in [2.75, 3.05) is 31.1 Å². The summed E-state index contributed by atoms with van der Waals surface area (Å²) in [4.78, 5) is 15.1. The van der Waals surface area contributed by atoms with Crippen LogP contribution in [0.5, 0.6) is 0 Å². The Morgan fingerprint density at radius 3 is 2.71 bits per heavy atom. The molecule has 1 aliphatic heterocycles. The molecule has 6 nitrogen and oxygen atoms in total. The fourth-order valence-corrected chi connectivity index (χ4v) is 3.09. The molecule has 1 atom stereocenters. The molecule has 1 saturated heterocycles. The number of rotatable bonds is 6. The largest absolute Gasteiger partial charge is 0.391 e. The van der Waals surface area contributed by atoms with Crippen molar-refractivity contribution in [3.05, 3.63) is 33.9 Å². The van der Waals surface area contributed by atoms with Gasteiger partial charge in [-0.2, -0.15) is 0 Å². The van der Waals surface area contributed by atoms with E-state index in [1.165, 1.54) is 6.07 Å². The lowest BCUT2D eigenvalue weighted by Gasteiger charge is -2.26. The second-order valence-electron chi connectivity index (χ2n) is 5.34. The molecule has 0 saturated carbocycles. The summed E-state index contributed by atoms with van der Waals surface area (Å²) in [5.74, 6) is 0. The summed E-state index contributed by atoms with van der Waals surface area (Å²) >= 11 is 0. The average molecular weight is 293 g/mol. The van der Waals surface area contributed by atoms with Gasteiger partial charge in [-0.1, -0.05) is 13.8 Å². The first-order valence-electron chi connectivity index (χ1n) is 7.47. The number of aliphatic hydroxyl groups is 1. The molecule has 1 aromatic carbocycles. The molecule has 6 heteroatoms. The number of nitro groups is 1. The van der Waals surface area contributed by atoms with Gasteiger partial charge in [0.25, 0.3) is 5.69 Å². The molecule has 116 valence electrons. The van der Waals surface area contributed by atoms with Crippen LogP contribution in [0.15, 0.2) is 18.2 Å². The van der Waals surface area contributed by atoms with Gasteiger partial charge in [-0.25, -0.2) is 0 Å². The second-order valence-corrected chi connectivity index (χ2v) is 5.34. The third-order valence-electron chi connectivity index (χ3n) is 4.29. The van der Waals surface area contributed by atoms with E-state index in [2.05, 4.69) is 23.6 Å². The van der Waals surface area contributed by atoms with Gasteiger partial charge < -0.3 is 10.0 Å². The van der Waals surface area contributed by atoms with Crippen molar-refractivity contribution in [1.29, 1.82) is 0 Å². The van der Waals surface area contributed by atoms with Crippen LogP contribution in [-0.4, -0.2) is 47.2 Å². The van der Waals surface area contributed by atoms with E-state index in [-0.39, 0.29) is 12.3 Å². The van der Waals surface area contributed by atoms with Crippen LogP contribution in [-0.2, 0) is 6.61 Å². The lowest BCUT2D eigenvalue weighted by molar-refractivity contribution is -0.385. The van der Waals surface area contributed by atoms with Gasteiger partial charge in [0, 0.05) is 30.9 Å².